The number of amides is 1. The zero-order valence-electron chi connectivity index (χ0n) is 16.4. The number of sulfone groups is 1. The number of anilines is 1. The molecule has 10 heteroatoms. The summed E-state index contributed by atoms with van der Waals surface area (Å²) in [6.45, 7) is 0. The van der Waals surface area contributed by atoms with Crippen molar-refractivity contribution in [3.8, 4) is 0 Å². The van der Waals surface area contributed by atoms with Crippen LogP contribution in [0.3, 0.4) is 0 Å². The Bertz CT molecular complexity index is 1150. The molecule has 1 aliphatic heterocycles. The highest BCUT2D eigenvalue weighted by Crippen LogP contribution is 2.36. The van der Waals surface area contributed by atoms with E-state index in [1.165, 1.54) is 24.3 Å². The molecule has 0 spiro atoms. The average Bonchev–Trinajstić information content (AvgIpc) is 3.34. The first-order valence-electron chi connectivity index (χ1n) is 9.69. The summed E-state index contributed by atoms with van der Waals surface area (Å²) in [6, 6.07) is 14.7. The van der Waals surface area contributed by atoms with Crippen LogP contribution in [0.1, 0.15) is 23.1 Å². The van der Waals surface area contributed by atoms with Crippen molar-refractivity contribution in [2.75, 3.05) is 16.8 Å². The lowest BCUT2D eigenvalue weighted by atomic mass is 10.1. The first-order chi connectivity index (χ1) is 14.9. The molecule has 31 heavy (non-hydrogen) atoms. The molecule has 1 fully saturated rings. The number of hydrogen-bond donors (Lipinski definition) is 1. The van der Waals surface area contributed by atoms with E-state index in [0.29, 0.717) is 24.4 Å². The van der Waals surface area contributed by atoms with Gasteiger partial charge in [0.1, 0.15) is 11.1 Å². The third-order valence-electron chi connectivity index (χ3n) is 4.91. The van der Waals surface area contributed by atoms with E-state index in [1.807, 2.05) is 30.3 Å². The second kappa shape index (κ2) is 9.19. The highest BCUT2D eigenvalue weighted by atomic mass is 32.2. The maximum atomic E-state index is 13.1. The topological polar surface area (TPSA) is 102 Å². The molecular formula is C21H20FN3O4S2. The summed E-state index contributed by atoms with van der Waals surface area (Å²) in [5.41, 5.74) is 1.22. The number of thioether (sulfide) groups is 1. The van der Waals surface area contributed by atoms with E-state index in [2.05, 4.69) is 15.5 Å². The molecule has 0 unspecified atom stereocenters. The van der Waals surface area contributed by atoms with E-state index in [1.54, 1.807) is 0 Å². The van der Waals surface area contributed by atoms with Crippen molar-refractivity contribution in [1.82, 2.24) is 10.2 Å². The van der Waals surface area contributed by atoms with Crippen LogP contribution in [-0.2, 0) is 21.1 Å². The van der Waals surface area contributed by atoms with Gasteiger partial charge >= 0.3 is 0 Å². The molecule has 1 saturated heterocycles. The number of carbonyl (C=O) groups is 1. The summed E-state index contributed by atoms with van der Waals surface area (Å²) < 4.78 is 42.1. The standard InChI is InChI=1S/C21H20FN3O4S2/c22-16-6-8-17(9-7-16)23-20(26)19(15-4-2-1-3-5-15)30-21-25-24-18(29-21)12-14-10-11-31(27,28)13-14/h1-9,14,19H,10-13H2,(H,23,26)/t14-,19+/m0/s1. The minimum atomic E-state index is -2.98. The van der Waals surface area contributed by atoms with Crippen LogP contribution in [-0.4, -0.2) is 36.0 Å². The lowest BCUT2D eigenvalue weighted by Crippen LogP contribution is -2.19. The minimum absolute atomic E-state index is 0.0324. The molecule has 7 nitrogen and oxygen atoms in total. The summed E-state index contributed by atoms with van der Waals surface area (Å²) in [4.78, 5) is 13.0. The van der Waals surface area contributed by atoms with Gasteiger partial charge < -0.3 is 9.73 Å². The number of benzene rings is 2. The van der Waals surface area contributed by atoms with Crippen LogP contribution in [0.15, 0.2) is 64.2 Å². The molecule has 2 atom stereocenters. The summed E-state index contributed by atoms with van der Waals surface area (Å²) >= 11 is 1.11. The summed E-state index contributed by atoms with van der Waals surface area (Å²) in [5.74, 6) is -0.0623. The van der Waals surface area contributed by atoms with Crippen LogP contribution in [0.5, 0.6) is 0 Å². The maximum absolute atomic E-state index is 13.1. The van der Waals surface area contributed by atoms with Gasteiger partial charge in [-0.05, 0) is 53.9 Å². The van der Waals surface area contributed by atoms with Crippen LogP contribution in [0.2, 0.25) is 0 Å². The fourth-order valence-corrected chi connectivity index (χ4v) is 6.15. The Hall–Kier alpha value is -2.72. The second-order valence-electron chi connectivity index (χ2n) is 7.34. The van der Waals surface area contributed by atoms with Gasteiger partial charge in [-0.2, -0.15) is 0 Å². The maximum Gasteiger partial charge on any atom is 0.277 e. The lowest BCUT2D eigenvalue weighted by Gasteiger charge is -2.15. The fraction of sp³-hybridized carbons (Fsp3) is 0.286. The third-order valence-corrected chi connectivity index (χ3v) is 7.83. The molecule has 0 bridgehead atoms. The van der Waals surface area contributed by atoms with Crippen LogP contribution in [0.4, 0.5) is 10.1 Å². The van der Waals surface area contributed by atoms with Gasteiger partial charge in [0.2, 0.25) is 11.8 Å². The molecule has 0 saturated carbocycles. The molecule has 1 aliphatic rings. The molecule has 2 heterocycles. The Morgan fingerprint density at radius 2 is 1.90 bits per heavy atom. The third kappa shape index (κ3) is 5.71. The first-order valence-corrected chi connectivity index (χ1v) is 12.4. The van der Waals surface area contributed by atoms with Gasteiger partial charge in [0.15, 0.2) is 9.84 Å². The second-order valence-corrected chi connectivity index (χ2v) is 10.6. The van der Waals surface area contributed by atoms with Gasteiger partial charge in [-0.25, -0.2) is 12.8 Å². The largest absolute Gasteiger partial charge is 0.416 e. The Balaban J connectivity index is 1.48. The molecule has 4 rings (SSSR count). The summed E-state index contributed by atoms with van der Waals surface area (Å²) in [6.07, 6.45) is 0.977. The number of halogens is 1. The first kappa shape index (κ1) is 21.5. The van der Waals surface area contributed by atoms with E-state index in [0.717, 1.165) is 17.3 Å². The van der Waals surface area contributed by atoms with Crippen molar-refractivity contribution in [2.24, 2.45) is 5.92 Å². The molecule has 0 aliphatic carbocycles. The number of rotatable bonds is 7. The van der Waals surface area contributed by atoms with Crippen molar-refractivity contribution in [3.05, 3.63) is 71.9 Å². The molecule has 1 aromatic heterocycles. The number of nitrogens with one attached hydrogen (secondary N) is 1. The van der Waals surface area contributed by atoms with Crippen molar-refractivity contribution in [1.29, 1.82) is 0 Å². The van der Waals surface area contributed by atoms with E-state index in [-0.39, 0.29) is 34.4 Å². The van der Waals surface area contributed by atoms with E-state index < -0.39 is 15.1 Å². The van der Waals surface area contributed by atoms with Crippen LogP contribution >= 0.6 is 11.8 Å². The van der Waals surface area contributed by atoms with Crippen molar-refractivity contribution >= 4 is 33.2 Å². The predicted octanol–water partition coefficient (Wildman–Crippen LogP) is 3.66. The Kier molecular flexibility index (Phi) is 6.38. The van der Waals surface area contributed by atoms with E-state index >= 15 is 0 Å². The van der Waals surface area contributed by atoms with Crippen LogP contribution in [0.25, 0.3) is 0 Å². The minimum Gasteiger partial charge on any atom is -0.416 e. The molecule has 3 aromatic rings. The lowest BCUT2D eigenvalue weighted by molar-refractivity contribution is -0.115. The summed E-state index contributed by atoms with van der Waals surface area (Å²) in [7, 11) is -2.98. The highest BCUT2D eigenvalue weighted by Gasteiger charge is 2.30. The molecule has 1 N–H and O–H groups in total. The number of hydrogen-bond acceptors (Lipinski definition) is 7. The zero-order chi connectivity index (χ0) is 21.8. The smallest absolute Gasteiger partial charge is 0.277 e. The van der Waals surface area contributed by atoms with Crippen molar-refractivity contribution in [2.45, 2.75) is 23.3 Å². The Morgan fingerprint density at radius 3 is 2.58 bits per heavy atom. The van der Waals surface area contributed by atoms with Gasteiger partial charge in [-0.15, -0.1) is 10.2 Å². The summed E-state index contributed by atoms with van der Waals surface area (Å²) in [5, 5.41) is 10.4. The Labute approximate surface area is 183 Å². The average molecular weight is 462 g/mol. The molecule has 1 amide bonds. The van der Waals surface area contributed by atoms with Gasteiger partial charge in [0, 0.05) is 12.1 Å². The monoisotopic (exact) mass is 461 g/mol. The van der Waals surface area contributed by atoms with Crippen molar-refractivity contribution < 1.29 is 22.0 Å². The fourth-order valence-electron chi connectivity index (χ4n) is 3.39. The number of aromatic nitrogens is 2. The number of nitrogens with zero attached hydrogens (tertiary/aromatic N) is 2. The van der Waals surface area contributed by atoms with Gasteiger partial charge in [-0.1, -0.05) is 30.3 Å². The Morgan fingerprint density at radius 1 is 1.16 bits per heavy atom. The quantitative estimate of drug-likeness (QED) is 0.536. The SMILES string of the molecule is O=C(Nc1ccc(F)cc1)[C@H](Sc1nnc(C[C@@H]2CCS(=O)(=O)C2)o1)c1ccccc1. The zero-order valence-corrected chi connectivity index (χ0v) is 18.0. The molecule has 162 valence electrons. The van der Waals surface area contributed by atoms with Crippen LogP contribution < -0.4 is 5.32 Å². The van der Waals surface area contributed by atoms with Crippen LogP contribution in [0, 0.1) is 11.7 Å². The van der Waals surface area contributed by atoms with Gasteiger partial charge in [0.05, 0.1) is 11.5 Å². The van der Waals surface area contributed by atoms with E-state index in [9.17, 15) is 17.6 Å². The predicted molar refractivity (Wildman–Crippen MR) is 115 cm³/mol. The molecule has 2 aromatic carbocycles. The van der Waals surface area contributed by atoms with Gasteiger partial charge in [-0.3, -0.25) is 4.79 Å². The van der Waals surface area contributed by atoms with Crippen molar-refractivity contribution in [3.63, 3.8) is 0 Å². The molecular weight excluding hydrogens is 441 g/mol. The van der Waals surface area contributed by atoms with E-state index in [4.69, 9.17) is 4.42 Å². The highest BCUT2D eigenvalue weighted by molar-refractivity contribution is 8.00. The number of carbonyl (C=O) groups excluding carboxylic acids is 1. The molecule has 0 radical (unpaired) electrons. The van der Waals surface area contributed by atoms with Gasteiger partial charge in [0.25, 0.3) is 5.22 Å². The normalized spacial score (nSPS) is 18.5.